The average Bonchev–Trinajstić information content (AvgIpc) is 3.21. The number of hydrogen-bond acceptors (Lipinski definition) is 13. The highest BCUT2D eigenvalue weighted by atomic mass is 32.5. The minimum atomic E-state index is -3.36. The van der Waals surface area contributed by atoms with E-state index in [0.29, 0.717) is 39.6 Å². The summed E-state index contributed by atoms with van der Waals surface area (Å²) in [6.45, 7) is 3.75. The molecule has 60 heavy (non-hydrogen) atoms. The van der Waals surface area contributed by atoms with Crippen LogP contribution in [0.4, 0.5) is 0 Å². The zero-order valence-corrected chi connectivity index (χ0v) is 35.9. The first kappa shape index (κ1) is 55.9. The van der Waals surface area contributed by atoms with Gasteiger partial charge in [0.25, 0.3) is 5.91 Å². The third-order valence-corrected chi connectivity index (χ3v) is 11.4. The van der Waals surface area contributed by atoms with E-state index in [1.165, 1.54) is 24.3 Å². The fourth-order valence-corrected chi connectivity index (χ4v) is 5.84. The van der Waals surface area contributed by atoms with Crippen LogP contribution in [0.25, 0.3) is 0 Å². The summed E-state index contributed by atoms with van der Waals surface area (Å²) in [6.07, 6.45) is 15.6. The molecule has 1 rings (SSSR count). The van der Waals surface area contributed by atoms with Crippen molar-refractivity contribution >= 4 is 41.9 Å². The summed E-state index contributed by atoms with van der Waals surface area (Å²) in [6, 6.07) is 5.96. The van der Waals surface area contributed by atoms with Crippen molar-refractivity contribution in [1.82, 2.24) is 21.3 Å². The molecule has 18 heteroatoms. The molecule has 0 saturated heterocycles. The van der Waals surface area contributed by atoms with Crippen molar-refractivity contribution in [3.8, 4) is 42.8 Å². The molecular formula is C42H64N4O12PS-. The Bertz CT molecular complexity index is 1450. The van der Waals surface area contributed by atoms with Gasteiger partial charge >= 0.3 is 0 Å². The molecule has 0 aliphatic carbocycles. The van der Waals surface area contributed by atoms with Gasteiger partial charge in [0.1, 0.15) is 25.6 Å². The van der Waals surface area contributed by atoms with Crippen molar-refractivity contribution in [3.63, 3.8) is 0 Å². The van der Waals surface area contributed by atoms with Crippen molar-refractivity contribution in [2.24, 2.45) is 0 Å². The molecule has 16 nitrogen and oxygen atoms in total. The number of amides is 4. The van der Waals surface area contributed by atoms with E-state index in [0.717, 1.165) is 0 Å². The van der Waals surface area contributed by atoms with Gasteiger partial charge in [-0.1, -0.05) is 50.8 Å². The lowest BCUT2D eigenvalue weighted by molar-refractivity contribution is -0.177. The van der Waals surface area contributed by atoms with Gasteiger partial charge in [-0.15, -0.1) is 19.3 Å². The Morgan fingerprint density at radius 2 is 1.00 bits per heavy atom. The van der Waals surface area contributed by atoms with Crippen LogP contribution in [0, 0.1) is 37.0 Å². The first-order valence-electron chi connectivity index (χ1n) is 19.4. The quantitative estimate of drug-likeness (QED) is 0.0438. The lowest BCUT2D eigenvalue weighted by Crippen LogP contribution is -2.50. The second kappa shape index (κ2) is 34.6. The summed E-state index contributed by atoms with van der Waals surface area (Å²) in [5.41, 5.74) is -1.37. The van der Waals surface area contributed by atoms with Crippen LogP contribution in [0.2, 0.25) is 0 Å². The second-order valence-electron chi connectivity index (χ2n) is 13.1. The number of ether oxygens (including phenoxy) is 6. The number of nitrogens with one attached hydrogen (secondary N) is 4. The van der Waals surface area contributed by atoms with Crippen LogP contribution in [-0.2, 0) is 54.6 Å². The third kappa shape index (κ3) is 27.7. The minimum absolute atomic E-state index is 0. The molecule has 0 heterocycles. The van der Waals surface area contributed by atoms with Crippen molar-refractivity contribution < 1.29 is 57.0 Å². The van der Waals surface area contributed by atoms with Crippen LogP contribution in [0.15, 0.2) is 24.3 Å². The molecule has 4 N–H and O–H groups in total. The summed E-state index contributed by atoms with van der Waals surface area (Å²) < 4.78 is 37.4. The SMILES string of the molecule is C.C#CCOCCOCCNC(=O)CCC(CCC(=O)NCCOCCOCC#C)(CCC(=O)NCCOCCOCC#C)NC(=O)c1ccc(OP([O-])(=S)C(C)C)cc1. The van der Waals surface area contributed by atoms with Crippen LogP contribution >= 0.6 is 6.49 Å². The van der Waals surface area contributed by atoms with Gasteiger partial charge in [-0.05, 0) is 43.5 Å². The molecule has 4 amide bonds. The van der Waals surface area contributed by atoms with Crippen molar-refractivity contribution in [2.45, 2.75) is 71.0 Å². The first-order valence-corrected chi connectivity index (χ1v) is 22.1. The van der Waals surface area contributed by atoms with Crippen molar-refractivity contribution in [3.05, 3.63) is 29.8 Å². The predicted octanol–water partition coefficient (Wildman–Crippen LogP) is 1.94. The highest BCUT2D eigenvalue weighted by Gasteiger charge is 2.34. The lowest BCUT2D eigenvalue weighted by atomic mass is 9.82. The molecule has 336 valence electrons. The molecule has 1 unspecified atom stereocenters. The van der Waals surface area contributed by atoms with E-state index in [-0.39, 0.29) is 134 Å². The third-order valence-electron chi connectivity index (χ3n) is 8.23. The van der Waals surface area contributed by atoms with Gasteiger partial charge in [0.15, 0.2) is 0 Å². The van der Waals surface area contributed by atoms with Gasteiger partial charge in [0.2, 0.25) is 17.7 Å². The van der Waals surface area contributed by atoms with Crippen molar-refractivity contribution in [1.29, 1.82) is 0 Å². The molecule has 0 spiro atoms. The molecular weight excluding hydrogens is 816 g/mol. The smallest absolute Gasteiger partial charge is 0.251 e. The minimum Gasteiger partial charge on any atom is -0.791 e. The van der Waals surface area contributed by atoms with E-state index >= 15 is 0 Å². The van der Waals surface area contributed by atoms with Gasteiger partial charge in [0, 0.05) is 62.1 Å². The van der Waals surface area contributed by atoms with Crippen LogP contribution in [0.1, 0.15) is 70.2 Å². The number of rotatable bonds is 35. The maximum atomic E-state index is 13.9. The Hall–Kier alpha value is -4.05. The van der Waals surface area contributed by atoms with E-state index in [9.17, 15) is 24.1 Å². The lowest BCUT2D eigenvalue weighted by Gasteiger charge is -2.35. The first-order chi connectivity index (χ1) is 28.4. The Balaban J connectivity index is 0.0000348. The fourth-order valence-electron chi connectivity index (χ4n) is 4.96. The van der Waals surface area contributed by atoms with Gasteiger partial charge < -0.3 is 59.1 Å². The van der Waals surface area contributed by atoms with Gasteiger partial charge in [-0.25, -0.2) is 0 Å². The number of terminal acetylenes is 3. The van der Waals surface area contributed by atoms with Crippen LogP contribution in [-0.4, -0.2) is 134 Å². The standard InChI is InChI=1S/C41H61N4O12PS.CH4/c1-6-22-51-28-31-54-25-19-42-37(46)13-16-41(17-14-38(47)43-20-26-55-32-29-52-23-7-2,18-15-39(48)44-21-27-56-33-30-53-24-8-3)45-40(49)35-9-11-36(12-10-35)57-58(50,59)34(4)5;/h1-3,9-12,34H,13-33H2,4-5H3,(H,42,46)(H,43,47)(H,44,48)(H,45,49)(H,50,59);1H4/p-1. The van der Waals surface area contributed by atoms with Crippen LogP contribution < -0.4 is 30.7 Å². The average molecular weight is 880 g/mol. The zero-order chi connectivity index (χ0) is 43.6. The Morgan fingerprint density at radius 3 is 1.33 bits per heavy atom. The highest BCUT2D eigenvalue weighted by molar-refractivity contribution is 8.09. The monoisotopic (exact) mass is 879 g/mol. The predicted molar refractivity (Wildman–Crippen MR) is 232 cm³/mol. The van der Waals surface area contributed by atoms with E-state index in [1.807, 2.05) is 0 Å². The largest absolute Gasteiger partial charge is 0.791 e. The summed E-state index contributed by atoms with van der Waals surface area (Å²) >= 11 is 5.13. The highest BCUT2D eigenvalue weighted by Crippen LogP contribution is 2.43. The van der Waals surface area contributed by atoms with E-state index in [1.54, 1.807) is 13.8 Å². The topological polar surface area (TPSA) is 204 Å². The van der Waals surface area contributed by atoms with Crippen LogP contribution in [0.3, 0.4) is 0 Å². The van der Waals surface area contributed by atoms with Crippen molar-refractivity contribution in [2.75, 3.05) is 98.9 Å². The molecule has 0 radical (unpaired) electrons. The normalized spacial score (nSPS) is 11.8. The summed E-state index contributed by atoms with van der Waals surface area (Å²) in [7, 11) is 0. The second-order valence-corrected chi connectivity index (χ2v) is 17.0. The van der Waals surface area contributed by atoms with E-state index in [2.05, 4.69) is 39.0 Å². The molecule has 0 aromatic heterocycles. The van der Waals surface area contributed by atoms with Gasteiger partial charge in [-0.2, -0.15) is 0 Å². The maximum absolute atomic E-state index is 13.9. The number of benzene rings is 1. The number of carbonyl (C=O) groups excluding carboxylic acids is 4. The number of hydrogen-bond donors (Lipinski definition) is 4. The molecule has 0 aliphatic heterocycles. The molecule has 0 fully saturated rings. The van der Waals surface area contributed by atoms with Gasteiger partial charge in [0.05, 0.1) is 59.5 Å². The Morgan fingerprint density at radius 1 is 0.650 bits per heavy atom. The Labute approximate surface area is 361 Å². The maximum Gasteiger partial charge on any atom is 0.251 e. The van der Waals surface area contributed by atoms with Crippen LogP contribution in [0.5, 0.6) is 5.75 Å². The van der Waals surface area contributed by atoms with Gasteiger partial charge in [-0.3, -0.25) is 19.2 Å². The summed E-state index contributed by atoms with van der Waals surface area (Å²) in [4.78, 5) is 65.8. The fraction of sp³-hybridized carbons (Fsp3) is 0.619. The van der Waals surface area contributed by atoms with E-state index in [4.69, 9.17) is 64.0 Å². The molecule has 1 atom stereocenters. The Kier molecular flexibility index (Phi) is 32.3. The molecule has 1 aromatic carbocycles. The summed E-state index contributed by atoms with van der Waals surface area (Å²) in [5.74, 6) is 5.84. The molecule has 0 aliphatic rings. The molecule has 1 aromatic rings. The van der Waals surface area contributed by atoms with E-state index < -0.39 is 23.6 Å². The number of carbonyl (C=O) groups is 4. The molecule has 0 saturated carbocycles. The molecule has 0 bridgehead atoms. The summed E-state index contributed by atoms with van der Waals surface area (Å²) in [5, 5.41) is 11.4. The zero-order valence-electron chi connectivity index (χ0n) is 34.2.